The first-order valence-electron chi connectivity index (χ1n) is 13.3. The fourth-order valence-electron chi connectivity index (χ4n) is 8.37. The maximum atomic E-state index is 13.5. The molecule has 39 heavy (non-hydrogen) atoms. The zero-order valence-electron chi connectivity index (χ0n) is 22.9. The highest BCUT2D eigenvalue weighted by Crippen LogP contribution is 2.72. The third kappa shape index (κ3) is 3.39. The van der Waals surface area contributed by atoms with Crippen LogP contribution in [0.15, 0.2) is 23.0 Å². The Kier molecular flexibility index (Phi) is 6.32. The zero-order valence-corrected chi connectivity index (χ0v) is 22.9. The van der Waals surface area contributed by atoms with E-state index in [4.69, 9.17) is 18.9 Å². The van der Waals surface area contributed by atoms with Crippen molar-refractivity contribution in [3.8, 4) is 0 Å². The van der Waals surface area contributed by atoms with Crippen molar-refractivity contribution in [2.45, 2.75) is 77.5 Å². The van der Waals surface area contributed by atoms with Gasteiger partial charge in [-0.3, -0.25) is 4.79 Å². The Morgan fingerprint density at radius 1 is 1.18 bits per heavy atom. The highest BCUT2D eigenvalue weighted by atomic mass is 16.6. The number of fused-ring (bicyclic) bond motifs is 2. The molecule has 214 valence electrons. The van der Waals surface area contributed by atoms with Crippen LogP contribution in [0.5, 0.6) is 0 Å². The molecule has 11 nitrogen and oxygen atoms in total. The molecule has 2 saturated carbocycles. The summed E-state index contributed by atoms with van der Waals surface area (Å²) in [5.74, 6) is -6.26. The molecule has 0 aromatic rings. The minimum absolute atomic E-state index is 0.0302. The Labute approximate surface area is 226 Å². The van der Waals surface area contributed by atoms with Gasteiger partial charge in [-0.25, -0.2) is 14.4 Å². The van der Waals surface area contributed by atoms with Gasteiger partial charge in [0.25, 0.3) is 0 Å². The smallest absolute Gasteiger partial charge is 0.348 e. The van der Waals surface area contributed by atoms with Crippen LogP contribution in [0.25, 0.3) is 0 Å². The van der Waals surface area contributed by atoms with Crippen molar-refractivity contribution in [1.29, 1.82) is 0 Å². The molecule has 2 unspecified atom stereocenters. The second-order valence-corrected chi connectivity index (χ2v) is 12.3. The first-order chi connectivity index (χ1) is 18.2. The lowest BCUT2D eigenvalue weighted by Gasteiger charge is -2.67. The van der Waals surface area contributed by atoms with E-state index >= 15 is 0 Å². The maximum absolute atomic E-state index is 13.5. The molecule has 5 rings (SSSR count). The second kappa shape index (κ2) is 8.87. The molecule has 3 aliphatic carbocycles. The van der Waals surface area contributed by atoms with Crippen LogP contribution in [0.1, 0.15) is 47.5 Å². The fraction of sp³-hybridized carbons (Fsp3) is 0.714. The summed E-state index contributed by atoms with van der Waals surface area (Å²) in [6.45, 7) is 8.72. The van der Waals surface area contributed by atoms with Crippen LogP contribution in [0.4, 0.5) is 0 Å². The quantitative estimate of drug-likeness (QED) is 0.262. The molecular weight excluding hydrogens is 512 g/mol. The van der Waals surface area contributed by atoms with Gasteiger partial charge in [-0.2, -0.15) is 0 Å². The van der Waals surface area contributed by atoms with Crippen LogP contribution in [-0.4, -0.2) is 82.7 Å². The van der Waals surface area contributed by atoms with E-state index in [9.17, 15) is 34.5 Å². The molecule has 1 spiro atoms. The lowest BCUT2D eigenvalue weighted by atomic mass is 9.38. The number of esters is 3. The van der Waals surface area contributed by atoms with E-state index in [2.05, 4.69) is 0 Å². The van der Waals surface area contributed by atoms with Gasteiger partial charge in [0, 0.05) is 23.8 Å². The molecule has 11 heteroatoms. The van der Waals surface area contributed by atoms with Gasteiger partial charge in [0.1, 0.15) is 12.2 Å². The molecule has 2 bridgehead atoms. The van der Waals surface area contributed by atoms with Crippen LogP contribution in [0.2, 0.25) is 0 Å². The Balaban J connectivity index is 1.71. The van der Waals surface area contributed by atoms with Crippen molar-refractivity contribution < 1.29 is 53.4 Å². The van der Waals surface area contributed by atoms with Crippen LogP contribution < -0.4 is 0 Å². The molecule has 2 aliphatic heterocycles. The highest BCUT2D eigenvalue weighted by Gasteiger charge is 2.85. The first-order valence-corrected chi connectivity index (χ1v) is 13.3. The summed E-state index contributed by atoms with van der Waals surface area (Å²) in [5.41, 5.74) is -3.43. The number of ether oxygens (including phenoxy) is 4. The third-order valence-corrected chi connectivity index (χ3v) is 10.3. The predicted molar refractivity (Wildman–Crippen MR) is 132 cm³/mol. The molecule has 5 aliphatic rings. The van der Waals surface area contributed by atoms with Crippen LogP contribution in [0.3, 0.4) is 0 Å². The number of aliphatic hydroxyl groups excluding tert-OH is 3. The lowest BCUT2D eigenvalue weighted by molar-refractivity contribution is -0.290. The van der Waals surface area contributed by atoms with Crippen LogP contribution >= 0.6 is 0 Å². The van der Waals surface area contributed by atoms with Gasteiger partial charge >= 0.3 is 17.9 Å². The SMILES string of the molecule is COC(=O)[C@]12OC[C@]34C([C@@H](O)[C@@H]1O)[C@@]1(C)CC(=O)C(O)=C(C)C1C[C@H]3OC(=O)[C@H](OC(=O)/C=C(\C)C(C)C)[C@@H]24. The van der Waals surface area contributed by atoms with Gasteiger partial charge in [-0.15, -0.1) is 0 Å². The van der Waals surface area contributed by atoms with Crippen molar-refractivity contribution in [2.24, 2.45) is 34.5 Å². The van der Waals surface area contributed by atoms with Gasteiger partial charge in [0.15, 0.2) is 11.5 Å². The van der Waals surface area contributed by atoms with E-state index in [-0.39, 0.29) is 31.1 Å². The fourth-order valence-corrected chi connectivity index (χ4v) is 8.37. The van der Waals surface area contributed by atoms with Gasteiger partial charge in [0.2, 0.25) is 11.7 Å². The number of ketones is 1. The summed E-state index contributed by atoms with van der Waals surface area (Å²) < 4.78 is 22.7. The number of carbonyl (C=O) groups excluding carboxylic acids is 4. The second-order valence-electron chi connectivity index (χ2n) is 12.3. The van der Waals surface area contributed by atoms with Crippen molar-refractivity contribution in [1.82, 2.24) is 0 Å². The molecule has 0 amide bonds. The number of hydrogen-bond donors (Lipinski definition) is 3. The van der Waals surface area contributed by atoms with E-state index in [0.717, 1.165) is 7.11 Å². The Bertz CT molecular complexity index is 1200. The molecule has 4 fully saturated rings. The number of hydrogen-bond acceptors (Lipinski definition) is 11. The number of Topliss-reactive ketones (excluding diaryl/α,β-unsaturated/α-hetero) is 1. The van der Waals surface area contributed by atoms with Crippen molar-refractivity contribution in [2.75, 3.05) is 13.7 Å². The van der Waals surface area contributed by atoms with Gasteiger partial charge in [-0.1, -0.05) is 26.3 Å². The number of methoxy groups -OCH3 is 1. The molecule has 0 aromatic heterocycles. The van der Waals surface area contributed by atoms with E-state index in [1.807, 2.05) is 13.8 Å². The number of rotatable bonds is 4. The van der Waals surface area contributed by atoms with Gasteiger partial charge in [-0.05, 0) is 43.1 Å². The molecule has 3 N–H and O–H groups in total. The normalized spacial score (nSPS) is 44.9. The van der Waals surface area contributed by atoms with Crippen molar-refractivity contribution in [3.63, 3.8) is 0 Å². The largest absolute Gasteiger partial charge is 0.504 e. The topological polar surface area (TPSA) is 166 Å². The highest BCUT2D eigenvalue weighted by molar-refractivity contribution is 5.95. The van der Waals surface area contributed by atoms with E-state index in [1.165, 1.54) is 6.08 Å². The minimum Gasteiger partial charge on any atom is -0.504 e. The summed E-state index contributed by atoms with van der Waals surface area (Å²) in [4.78, 5) is 52.8. The molecule has 2 saturated heterocycles. The predicted octanol–water partition coefficient (Wildman–Crippen LogP) is 1.15. The lowest BCUT2D eigenvalue weighted by Crippen LogP contribution is -2.79. The Morgan fingerprint density at radius 2 is 1.85 bits per heavy atom. The molecular formula is C28H36O11. The number of carbonyl (C=O) groups is 4. The van der Waals surface area contributed by atoms with E-state index in [1.54, 1.807) is 20.8 Å². The monoisotopic (exact) mass is 548 g/mol. The molecule has 10 atom stereocenters. The summed E-state index contributed by atoms with van der Waals surface area (Å²) >= 11 is 0. The minimum atomic E-state index is -2.22. The zero-order chi connectivity index (χ0) is 28.8. The summed E-state index contributed by atoms with van der Waals surface area (Å²) in [7, 11) is 1.10. The van der Waals surface area contributed by atoms with Gasteiger partial charge in [0.05, 0.1) is 25.7 Å². The van der Waals surface area contributed by atoms with Crippen LogP contribution in [-0.2, 0) is 38.1 Å². The maximum Gasteiger partial charge on any atom is 0.348 e. The average molecular weight is 549 g/mol. The van der Waals surface area contributed by atoms with Crippen LogP contribution in [0, 0.1) is 34.5 Å². The third-order valence-electron chi connectivity index (χ3n) is 10.3. The van der Waals surface area contributed by atoms with E-state index in [0.29, 0.717) is 11.1 Å². The summed E-state index contributed by atoms with van der Waals surface area (Å²) in [5, 5.41) is 33.7. The Morgan fingerprint density at radius 3 is 2.46 bits per heavy atom. The summed E-state index contributed by atoms with van der Waals surface area (Å²) in [6, 6.07) is 0. The van der Waals surface area contributed by atoms with Crippen molar-refractivity contribution >= 4 is 23.7 Å². The molecule has 0 radical (unpaired) electrons. The van der Waals surface area contributed by atoms with E-state index < -0.39 is 82.3 Å². The molecule has 2 heterocycles. The average Bonchev–Trinajstić information content (AvgIpc) is 3.18. The Hall–Kier alpha value is -2.76. The van der Waals surface area contributed by atoms with Crippen molar-refractivity contribution in [3.05, 3.63) is 23.0 Å². The van der Waals surface area contributed by atoms with Gasteiger partial charge < -0.3 is 34.3 Å². The molecule has 0 aromatic carbocycles. The standard InChI is InChI=1S/C28H36O11/c1-11(2)12(3)7-17(30)39-20-22-27-10-37-28(22,25(35)36-6)23(33)19(32)21(27)26(5)9-15(29)18(31)13(4)14(26)8-16(27)38-24(20)34/h7,11,14,16,19-23,31-33H,8-10H2,1-6H3/b12-7+/t14?,16-,19-,20-,21?,22-,23+,26+,27-,28-/m1/s1. The first kappa shape index (κ1) is 27.8. The summed E-state index contributed by atoms with van der Waals surface area (Å²) in [6.07, 6.45) is -4.75. The number of allylic oxidation sites excluding steroid dienone is 3. The number of aliphatic hydroxyl groups is 3.